The first-order chi connectivity index (χ1) is 10.0. The van der Waals surface area contributed by atoms with Gasteiger partial charge in [-0.15, -0.1) is 12.4 Å². The molecule has 1 amide bonds. The van der Waals surface area contributed by atoms with Crippen LogP contribution in [0.1, 0.15) is 25.8 Å². The van der Waals surface area contributed by atoms with Crippen molar-refractivity contribution in [2.24, 2.45) is 11.7 Å². The zero-order valence-corrected chi connectivity index (χ0v) is 14.4. The monoisotopic (exact) mass is 343 g/mol. The van der Waals surface area contributed by atoms with Gasteiger partial charge in [0.1, 0.15) is 0 Å². The molecule has 4 nitrogen and oxygen atoms in total. The molecule has 0 aliphatic carbocycles. The molecule has 122 valence electrons. The van der Waals surface area contributed by atoms with Crippen molar-refractivity contribution < 1.29 is 4.79 Å². The van der Waals surface area contributed by atoms with Crippen molar-refractivity contribution in [3.8, 4) is 0 Å². The number of carbonyl (C=O) groups is 1. The molecule has 0 spiro atoms. The van der Waals surface area contributed by atoms with Gasteiger partial charge in [0.15, 0.2) is 0 Å². The lowest BCUT2D eigenvalue weighted by Crippen LogP contribution is -2.45. The number of amides is 1. The summed E-state index contributed by atoms with van der Waals surface area (Å²) in [7, 11) is 0. The smallest absolute Gasteiger partial charge is 0.237 e. The van der Waals surface area contributed by atoms with Crippen molar-refractivity contribution in [2.75, 3.05) is 6.54 Å². The summed E-state index contributed by atoms with van der Waals surface area (Å²) in [6.07, 6.45) is 3.61. The minimum Gasteiger partial charge on any atom is -0.361 e. The number of halogens is 2. The summed E-state index contributed by atoms with van der Waals surface area (Å²) in [5, 5.41) is 4.72. The van der Waals surface area contributed by atoms with Crippen molar-refractivity contribution in [1.82, 2.24) is 10.3 Å². The molecule has 0 aliphatic rings. The van der Waals surface area contributed by atoms with E-state index in [1.165, 1.54) is 0 Å². The summed E-state index contributed by atoms with van der Waals surface area (Å²) in [6, 6.07) is 5.32. The quantitative estimate of drug-likeness (QED) is 0.753. The van der Waals surface area contributed by atoms with Gasteiger partial charge in [-0.1, -0.05) is 31.9 Å². The number of carbonyl (C=O) groups excluding carboxylic acids is 1. The predicted molar refractivity (Wildman–Crippen MR) is 94.7 cm³/mol. The topological polar surface area (TPSA) is 70.9 Å². The molecule has 4 N–H and O–H groups in total. The van der Waals surface area contributed by atoms with Gasteiger partial charge >= 0.3 is 0 Å². The number of nitrogens with one attached hydrogen (secondary N) is 2. The number of aromatic nitrogens is 1. The third kappa shape index (κ3) is 4.38. The van der Waals surface area contributed by atoms with Crippen LogP contribution in [0.25, 0.3) is 10.9 Å². The van der Waals surface area contributed by atoms with Crippen LogP contribution in [0.15, 0.2) is 24.4 Å². The molecule has 0 fully saturated rings. The van der Waals surface area contributed by atoms with Crippen LogP contribution in [0, 0.1) is 5.92 Å². The van der Waals surface area contributed by atoms with Crippen molar-refractivity contribution in [3.63, 3.8) is 0 Å². The van der Waals surface area contributed by atoms with Crippen LogP contribution in [-0.2, 0) is 11.2 Å². The number of benzene rings is 1. The summed E-state index contributed by atoms with van der Waals surface area (Å²) in [5.41, 5.74) is 8.10. The molecule has 22 heavy (non-hydrogen) atoms. The Labute approximate surface area is 142 Å². The Bertz CT molecular complexity index is 627. The van der Waals surface area contributed by atoms with Crippen LogP contribution in [-0.4, -0.2) is 23.5 Å². The molecule has 0 saturated heterocycles. The Morgan fingerprint density at radius 3 is 2.86 bits per heavy atom. The Hall–Kier alpha value is -1.23. The van der Waals surface area contributed by atoms with Crippen LogP contribution in [0.5, 0.6) is 0 Å². The maximum absolute atomic E-state index is 11.9. The van der Waals surface area contributed by atoms with Gasteiger partial charge in [0.25, 0.3) is 0 Å². The van der Waals surface area contributed by atoms with Crippen molar-refractivity contribution in [3.05, 3.63) is 35.0 Å². The fourth-order valence-corrected chi connectivity index (χ4v) is 2.48. The van der Waals surface area contributed by atoms with E-state index >= 15 is 0 Å². The van der Waals surface area contributed by atoms with Gasteiger partial charge in [-0.2, -0.15) is 0 Å². The van der Waals surface area contributed by atoms with E-state index in [2.05, 4.69) is 10.3 Å². The summed E-state index contributed by atoms with van der Waals surface area (Å²) in [6.45, 7) is 4.60. The van der Waals surface area contributed by atoms with Crippen molar-refractivity contribution in [2.45, 2.75) is 32.7 Å². The number of H-pyrrole nitrogens is 1. The van der Waals surface area contributed by atoms with E-state index in [0.29, 0.717) is 11.6 Å². The molecular formula is C16H23Cl2N3O. The average molecular weight is 344 g/mol. The number of nitrogens with two attached hydrogens (primary N) is 1. The van der Waals surface area contributed by atoms with Gasteiger partial charge in [0.05, 0.1) is 6.04 Å². The standard InChI is InChI=1S/C16H22ClN3O.ClH/c1-3-10(2)15(18)16(21)19-7-6-11-9-20-14-5-4-12(17)8-13(11)14;/h4-5,8-10,15,20H,3,6-7,18H2,1-2H3,(H,19,21);1H. The second-order valence-corrected chi connectivity index (χ2v) is 5.89. The van der Waals surface area contributed by atoms with Crippen molar-refractivity contribution >= 4 is 40.8 Å². The van der Waals surface area contributed by atoms with Crippen LogP contribution in [0.4, 0.5) is 0 Å². The number of fused-ring (bicyclic) bond motifs is 1. The Kier molecular flexibility index (Phi) is 7.20. The molecule has 2 atom stereocenters. The second kappa shape index (κ2) is 8.42. The number of aromatic amines is 1. The second-order valence-electron chi connectivity index (χ2n) is 5.46. The van der Waals surface area contributed by atoms with Gasteiger partial charge < -0.3 is 16.0 Å². The van der Waals surface area contributed by atoms with E-state index in [1.807, 2.05) is 38.2 Å². The molecule has 1 aromatic carbocycles. The Morgan fingerprint density at radius 2 is 2.18 bits per heavy atom. The SMILES string of the molecule is CCC(C)C(N)C(=O)NCCc1c[nH]c2ccc(Cl)cc12.Cl. The van der Waals surface area contributed by atoms with E-state index in [0.717, 1.165) is 29.3 Å². The molecule has 2 rings (SSSR count). The molecule has 1 aromatic heterocycles. The third-order valence-electron chi connectivity index (χ3n) is 3.98. The minimum atomic E-state index is -0.438. The Balaban J connectivity index is 0.00000242. The van der Waals surface area contributed by atoms with Gasteiger partial charge in [-0.3, -0.25) is 4.79 Å². The van der Waals surface area contributed by atoms with E-state index in [1.54, 1.807) is 0 Å². The lowest BCUT2D eigenvalue weighted by Gasteiger charge is -2.17. The zero-order valence-electron chi connectivity index (χ0n) is 12.9. The molecule has 0 aliphatic heterocycles. The first-order valence-electron chi connectivity index (χ1n) is 7.31. The average Bonchev–Trinajstić information content (AvgIpc) is 2.88. The van der Waals surface area contributed by atoms with Crippen LogP contribution in [0.3, 0.4) is 0 Å². The lowest BCUT2D eigenvalue weighted by molar-refractivity contribution is -0.123. The zero-order chi connectivity index (χ0) is 15.4. The predicted octanol–water partition coefficient (Wildman–Crippen LogP) is 3.28. The van der Waals surface area contributed by atoms with Gasteiger partial charge in [0.2, 0.25) is 5.91 Å². The summed E-state index contributed by atoms with van der Waals surface area (Å²) >= 11 is 6.02. The molecular weight excluding hydrogens is 321 g/mol. The van der Waals surface area contributed by atoms with Gasteiger partial charge in [0, 0.05) is 28.7 Å². The summed E-state index contributed by atoms with van der Waals surface area (Å²) in [5.74, 6) is 0.110. The maximum Gasteiger partial charge on any atom is 0.237 e. The number of rotatable bonds is 6. The van der Waals surface area contributed by atoms with Crippen LogP contribution < -0.4 is 11.1 Å². The van der Waals surface area contributed by atoms with Crippen molar-refractivity contribution in [1.29, 1.82) is 0 Å². The first-order valence-corrected chi connectivity index (χ1v) is 7.69. The molecule has 2 aromatic rings. The van der Waals surface area contributed by atoms with Gasteiger partial charge in [-0.25, -0.2) is 0 Å². The molecule has 1 heterocycles. The summed E-state index contributed by atoms with van der Waals surface area (Å²) < 4.78 is 0. The van der Waals surface area contributed by atoms with Gasteiger partial charge in [-0.05, 0) is 36.1 Å². The highest BCUT2D eigenvalue weighted by Gasteiger charge is 2.18. The highest BCUT2D eigenvalue weighted by atomic mass is 35.5. The first kappa shape index (κ1) is 18.8. The number of hydrogen-bond acceptors (Lipinski definition) is 2. The molecule has 0 saturated carbocycles. The fraction of sp³-hybridized carbons (Fsp3) is 0.438. The van der Waals surface area contributed by atoms with E-state index in [4.69, 9.17) is 17.3 Å². The summed E-state index contributed by atoms with van der Waals surface area (Å²) in [4.78, 5) is 15.1. The molecule has 0 bridgehead atoms. The van der Waals surface area contributed by atoms with Crippen LogP contribution in [0.2, 0.25) is 5.02 Å². The highest BCUT2D eigenvalue weighted by Crippen LogP contribution is 2.22. The number of hydrogen-bond donors (Lipinski definition) is 3. The van der Waals surface area contributed by atoms with Crippen LogP contribution >= 0.6 is 24.0 Å². The van der Waals surface area contributed by atoms with E-state index < -0.39 is 6.04 Å². The van der Waals surface area contributed by atoms with E-state index in [9.17, 15) is 4.79 Å². The molecule has 6 heteroatoms. The highest BCUT2D eigenvalue weighted by molar-refractivity contribution is 6.31. The van der Waals surface area contributed by atoms with E-state index in [-0.39, 0.29) is 24.2 Å². The molecule has 2 unspecified atom stereocenters. The largest absolute Gasteiger partial charge is 0.361 e. The normalized spacial score (nSPS) is 13.5. The fourth-order valence-electron chi connectivity index (χ4n) is 2.31. The molecule has 0 radical (unpaired) electrons. The lowest BCUT2D eigenvalue weighted by atomic mass is 9.99. The minimum absolute atomic E-state index is 0. The third-order valence-corrected chi connectivity index (χ3v) is 4.22. The maximum atomic E-state index is 11.9. The Morgan fingerprint density at radius 1 is 1.45 bits per heavy atom.